The Morgan fingerprint density at radius 2 is 2.10 bits per heavy atom. The molecule has 0 spiro atoms. The molecule has 0 saturated heterocycles. The second-order valence-electron chi connectivity index (χ2n) is 3.92. The summed E-state index contributed by atoms with van der Waals surface area (Å²) in [5.74, 6) is -1.48. The average Bonchev–Trinajstić information content (AvgIpc) is 2.44. The van der Waals surface area contributed by atoms with Crippen LogP contribution in [0.25, 0.3) is 0 Å². The van der Waals surface area contributed by atoms with Crippen LogP contribution in [0.1, 0.15) is 6.92 Å². The average molecular weight is 375 g/mol. The van der Waals surface area contributed by atoms with Gasteiger partial charge in [0.2, 0.25) is 5.95 Å². The van der Waals surface area contributed by atoms with Crippen molar-refractivity contribution in [2.24, 2.45) is 0 Å². The van der Waals surface area contributed by atoms with Gasteiger partial charge in [0.25, 0.3) is 5.76 Å². The first-order valence-corrected chi connectivity index (χ1v) is 7.84. The number of anilines is 3. The van der Waals surface area contributed by atoms with E-state index in [4.69, 9.17) is 0 Å². The first kappa shape index (κ1) is 16.0. The van der Waals surface area contributed by atoms with Crippen molar-refractivity contribution < 1.29 is 8.78 Å². The minimum atomic E-state index is -2.47. The number of rotatable bonds is 6. The third-order valence-corrected chi connectivity index (χ3v) is 3.80. The van der Waals surface area contributed by atoms with Crippen molar-refractivity contribution in [1.82, 2.24) is 9.97 Å². The van der Waals surface area contributed by atoms with Gasteiger partial charge in [0.05, 0.1) is 10.2 Å². The van der Waals surface area contributed by atoms with E-state index in [-0.39, 0.29) is 0 Å². The second-order valence-corrected chi connectivity index (χ2v) is 5.81. The van der Waals surface area contributed by atoms with Gasteiger partial charge in [-0.05, 0) is 35.0 Å². The predicted octanol–water partition coefficient (Wildman–Crippen LogP) is 4.73. The van der Waals surface area contributed by atoms with Crippen LogP contribution in [0.5, 0.6) is 0 Å². The number of hydrogen-bond donors (Lipinski definition) is 2. The monoisotopic (exact) mass is 374 g/mol. The third kappa shape index (κ3) is 4.53. The molecule has 0 amide bonds. The van der Waals surface area contributed by atoms with Crippen molar-refractivity contribution in [1.29, 1.82) is 0 Å². The van der Waals surface area contributed by atoms with Crippen molar-refractivity contribution >= 4 is 45.1 Å². The largest absolute Gasteiger partial charge is 0.354 e. The highest BCUT2D eigenvalue weighted by Crippen LogP contribution is 2.34. The Morgan fingerprint density at radius 3 is 2.81 bits per heavy atom. The van der Waals surface area contributed by atoms with Crippen molar-refractivity contribution in [3.05, 3.63) is 34.9 Å². The van der Waals surface area contributed by atoms with Gasteiger partial charge in [-0.1, -0.05) is 23.9 Å². The van der Waals surface area contributed by atoms with Crippen molar-refractivity contribution in [3.63, 3.8) is 0 Å². The van der Waals surface area contributed by atoms with Crippen LogP contribution >= 0.6 is 27.7 Å². The van der Waals surface area contributed by atoms with E-state index in [1.807, 2.05) is 6.92 Å². The highest BCUT2D eigenvalue weighted by atomic mass is 79.9. The Hall–Kier alpha value is -1.41. The molecule has 0 bridgehead atoms. The minimum absolute atomic E-state index is 0.461. The summed E-state index contributed by atoms with van der Waals surface area (Å²) in [7, 11) is 0. The van der Waals surface area contributed by atoms with Gasteiger partial charge in [0, 0.05) is 17.6 Å². The lowest BCUT2D eigenvalue weighted by Gasteiger charge is -2.12. The maximum Gasteiger partial charge on any atom is 0.288 e. The molecule has 0 aliphatic carbocycles. The third-order valence-electron chi connectivity index (χ3n) is 2.44. The zero-order chi connectivity index (χ0) is 15.2. The zero-order valence-electron chi connectivity index (χ0n) is 11.1. The van der Waals surface area contributed by atoms with Gasteiger partial charge < -0.3 is 10.6 Å². The Morgan fingerprint density at radius 1 is 1.33 bits per heavy atom. The molecule has 0 saturated carbocycles. The molecule has 2 N–H and O–H groups in total. The van der Waals surface area contributed by atoms with Gasteiger partial charge in [-0.25, -0.2) is 4.98 Å². The summed E-state index contributed by atoms with van der Waals surface area (Å²) < 4.78 is 25.8. The van der Waals surface area contributed by atoms with E-state index in [1.165, 1.54) is 0 Å². The van der Waals surface area contributed by atoms with Gasteiger partial charge in [-0.2, -0.15) is 13.8 Å². The molecule has 1 heterocycles. The van der Waals surface area contributed by atoms with E-state index in [1.54, 1.807) is 30.5 Å². The number of benzene rings is 1. The van der Waals surface area contributed by atoms with E-state index in [0.717, 1.165) is 0 Å². The fraction of sp³-hybridized carbons (Fsp3) is 0.231. The number of halogens is 3. The van der Waals surface area contributed by atoms with Crippen molar-refractivity contribution in [3.8, 4) is 0 Å². The first-order chi connectivity index (χ1) is 10.1. The number of alkyl halides is 2. The maximum atomic E-state index is 12.6. The molecule has 0 unspecified atom stereocenters. The zero-order valence-corrected chi connectivity index (χ0v) is 13.5. The smallest absolute Gasteiger partial charge is 0.288 e. The molecular formula is C13H13BrF2N4S. The van der Waals surface area contributed by atoms with Crippen LogP contribution < -0.4 is 10.6 Å². The van der Waals surface area contributed by atoms with Crippen LogP contribution in [0.2, 0.25) is 0 Å². The van der Waals surface area contributed by atoms with Gasteiger partial charge in [-0.15, -0.1) is 0 Å². The quantitative estimate of drug-likeness (QED) is 0.715. The molecule has 1 aromatic heterocycles. The van der Waals surface area contributed by atoms with Crippen LogP contribution in [0.3, 0.4) is 0 Å². The van der Waals surface area contributed by atoms with Crippen LogP contribution in [-0.2, 0) is 0 Å². The summed E-state index contributed by atoms with van der Waals surface area (Å²) in [6.45, 7) is 2.63. The maximum absolute atomic E-state index is 12.6. The molecule has 0 atom stereocenters. The van der Waals surface area contributed by atoms with Crippen LogP contribution in [0.4, 0.5) is 26.2 Å². The number of aromatic nitrogens is 2. The second kappa shape index (κ2) is 7.56. The van der Waals surface area contributed by atoms with Gasteiger partial charge >= 0.3 is 0 Å². The van der Waals surface area contributed by atoms with Crippen molar-refractivity contribution in [2.45, 2.75) is 17.6 Å². The summed E-state index contributed by atoms with van der Waals surface area (Å²) in [6, 6.07) is 6.86. The molecule has 2 aromatic rings. The van der Waals surface area contributed by atoms with Crippen LogP contribution in [-0.4, -0.2) is 22.3 Å². The molecule has 0 aliphatic rings. The molecule has 0 fully saturated rings. The van der Waals surface area contributed by atoms with Crippen LogP contribution in [0, 0.1) is 0 Å². The summed E-state index contributed by atoms with van der Waals surface area (Å²) in [6.07, 6.45) is 1.61. The Bertz CT molecular complexity index is 612. The number of hydrogen-bond acceptors (Lipinski definition) is 5. The lowest BCUT2D eigenvalue weighted by molar-refractivity contribution is 0.252. The first-order valence-electron chi connectivity index (χ1n) is 6.17. The molecular weight excluding hydrogens is 362 g/mol. The summed E-state index contributed by atoms with van der Waals surface area (Å²) in [5.41, 5.74) is 0.574. The molecule has 112 valence electrons. The predicted molar refractivity (Wildman–Crippen MR) is 85.5 cm³/mol. The van der Waals surface area contributed by atoms with E-state index < -0.39 is 5.76 Å². The molecule has 1 aromatic carbocycles. The SMILES string of the molecule is CCNc1ncc(Br)c(Nc2ccccc2SC(F)F)n1. The van der Waals surface area contributed by atoms with E-state index >= 15 is 0 Å². The molecule has 21 heavy (non-hydrogen) atoms. The van der Waals surface area contributed by atoms with Crippen LogP contribution in [0.15, 0.2) is 39.8 Å². The van der Waals surface area contributed by atoms with Gasteiger partial charge in [-0.3, -0.25) is 0 Å². The molecule has 8 heteroatoms. The standard InChI is InChI=1S/C13H13BrF2N4S/c1-2-17-13-18-7-8(14)11(20-13)19-9-5-3-4-6-10(9)21-12(15)16/h3-7,12H,2H2,1H3,(H2,17,18,19,20). The normalized spacial score (nSPS) is 10.7. The Kier molecular flexibility index (Phi) is 5.75. The summed E-state index contributed by atoms with van der Waals surface area (Å²) in [4.78, 5) is 8.87. The Labute approximate surface area is 133 Å². The number of nitrogens with zero attached hydrogens (tertiary/aromatic N) is 2. The van der Waals surface area contributed by atoms with E-state index in [0.29, 0.717) is 45.1 Å². The number of thioether (sulfide) groups is 1. The highest BCUT2D eigenvalue weighted by molar-refractivity contribution is 9.10. The fourth-order valence-electron chi connectivity index (χ4n) is 1.59. The Balaban J connectivity index is 2.27. The number of nitrogens with one attached hydrogen (secondary N) is 2. The lowest BCUT2D eigenvalue weighted by Crippen LogP contribution is -2.05. The van der Waals surface area contributed by atoms with E-state index in [2.05, 4.69) is 36.5 Å². The lowest BCUT2D eigenvalue weighted by atomic mass is 10.3. The van der Waals surface area contributed by atoms with Crippen molar-refractivity contribution in [2.75, 3.05) is 17.2 Å². The molecule has 0 radical (unpaired) electrons. The van der Waals surface area contributed by atoms with Gasteiger partial charge in [0.1, 0.15) is 5.82 Å². The summed E-state index contributed by atoms with van der Waals surface area (Å²) >= 11 is 3.84. The summed E-state index contributed by atoms with van der Waals surface area (Å²) in [5, 5.41) is 6.05. The molecule has 0 aliphatic heterocycles. The molecule has 2 rings (SSSR count). The molecule has 4 nitrogen and oxygen atoms in total. The topological polar surface area (TPSA) is 49.8 Å². The minimum Gasteiger partial charge on any atom is -0.354 e. The number of para-hydroxylation sites is 1. The fourth-order valence-corrected chi connectivity index (χ4v) is 2.48. The van der Waals surface area contributed by atoms with Gasteiger partial charge in [0.15, 0.2) is 0 Å². The highest BCUT2D eigenvalue weighted by Gasteiger charge is 2.12. The van der Waals surface area contributed by atoms with E-state index in [9.17, 15) is 8.78 Å².